The highest BCUT2D eigenvalue weighted by atomic mass is 79.9. The van der Waals surface area contributed by atoms with Gasteiger partial charge < -0.3 is 9.90 Å². The third-order valence-electron chi connectivity index (χ3n) is 2.24. The lowest BCUT2D eigenvalue weighted by Gasteiger charge is -2.26. The Morgan fingerprint density at radius 1 is 1.54 bits per heavy atom. The molecule has 2 nitrogen and oxygen atoms in total. The maximum atomic E-state index is 13.3. The van der Waals surface area contributed by atoms with Gasteiger partial charge >= 0.3 is 0 Å². The lowest BCUT2D eigenvalue weighted by molar-refractivity contribution is -0.297. The van der Waals surface area contributed by atoms with Crippen LogP contribution in [0, 0.1) is 5.92 Å². The molecular formula is C9H11BrFO2-. The molecule has 1 saturated carbocycles. The van der Waals surface area contributed by atoms with E-state index in [1.807, 2.05) is 0 Å². The molecule has 0 aromatic heterocycles. The van der Waals surface area contributed by atoms with Gasteiger partial charge in [0.15, 0.2) is 0 Å². The first-order chi connectivity index (χ1) is 6.09. The molecule has 13 heavy (non-hydrogen) atoms. The molecule has 0 aromatic carbocycles. The molecule has 1 aliphatic rings. The summed E-state index contributed by atoms with van der Waals surface area (Å²) in [6.45, 7) is 0. The molecule has 3 atom stereocenters. The Hall–Kier alpha value is -0.380. The smallest absolute Gasteiger partial charge is 0.107 e. The first kappa shape index (κ1) is 10.7. The van der Waals surface area contributed by atoms with Gasteiger partial charge in [0.25, 0.3) is 0 Å². The zero-order chi connectivity index (χ0) is 9.84. The van der Waals surface area contributed by atoms with Crippen molar-refractivity contribution in [2.24, 2.45) is 5.92 Å². The second-order valence-electron chi connectivity index (χ2n) is 3.27. The largest absolute Gasteiger partial charge is 0.545 e. The summed E-state index contributed by atoms with van der Waals surface area (Å²) in [4.78, 5) is 10.3. The lowest BCUT2D eigenvalue weighted by Crippen LogP contribution is -2.26. The summed E-state index contributed by atoms with van der Waals surface area (Å²) in [7, 11) is 0. The molecule has 0 N–H and O–H groups in total. The van der Waals surface area contributed by atoms with Crippen LogP contribution < -0.4 is 5.11 Å². The van der Waals surface area contributed by atoms with Gasteiger partial charge in [-0.1, -0.05) is 22.0 Å². The van der Waals surface area contributed by atoms with Crippen LogP contribution in [0.1, 0.15) is 19.3 Å². The van der Waals surface area contributed by atoms with E-state index in [2.05, 4.69) is 15.9 Å². The molecule has 0 aliphatic heterocycles. The van der Waals surface area contributed by atoms with Gasteiger partial charge in [0.2, 0.25) is 0 Å². The predicted octanol–water partition coefficient (Wildman–Crippen LogP) is 1.19. The van der Waals surface area contributed by atoms with Gasteiger partial charge in [0, 0.05) is 10.7 Å². The van der Waals surface area contributed by atoms with Crippen molar-refractivity contribution >= 4 is 21.9 Å². The topological polar surface area (TPSA) is 40.1 Å². The fraction of sp³-hybridized carbons (Fsp3) is 0.667. The minimum atomic E-state index is -1.26. The number of carboxylic acid groups (broad SMARTS) is 1. The van der Waals surface area contributed by atoms with E-state index in [-0.39, 0.29) is 10.7 Å². The molecule has 3 unspecified atom stereocenters. The van der Waals surface area contributed by atoms with Crippen molar-refractivity contribution in [2.75, 3.05) is 0 Å². The number of hydrogen-bond donors (Lipinski definition) is 0. The van der Waals surface area contributed by atoms with Crippen molar-refractivity contribution in [1.82, 2.24) is 0 Å². The van der Waals surface area contributed by atoms with E-state index in [1.165, 1.54) is 6.08 Å². The zero-order valence-electron chi connectivity index (χ0n) is 7.08. The average Bonchev–Trinajstić information content (AvgIpc) is 2.02. The second-order valence-corrected chi connectivity index (χ2v) is 4.56. The van der Waals surface area contributed by atoms with E-state index in [0.717, 1.165) is 12.5 Å². The molecule has 74 valence electrons. The van der Waals surface area contributed by atoms with Crippen LogP contribution in [-0.4, -0.2) is 17.0 Å². The fourth-order valence-corrected chi connectivity index (χ4v) is 2.13. The van der Waals surface area contributed by atoms with Gasteiger partial charge in [-0.3, -0.25) is 0 Å². The molecular weight excluding hydrogens is 239 g/mol. The Balaban J connectivity index is 2.46. The maximum Gasteiger partial charge on any atom is 0.107 e. The van der Waals surface area contributed by atoms with Gasteiger partial charge in [0.05, 0.1) is 5.97 Å². The number of carboxylic acids is 1. The van der Waals surface area contributed by atoms with Crippen LogP contribution in [-0.2, 0) is 4.79 Å². The van der Waals surface area contributed by atoms with E-state index in [0.29, 0.717) is 12.8 Å². The first-order valence-electron chi connectivity index (χ1n) is 4.27. The predicted molar refractivity (Wildman–Crippen MR) is 49.1 cm³/mol. The molecule has 1 rings (SSSR count). The Bertz CT molecular complexity index is 218. The number of hydrogen-bond acceptors (Lipinski definition) is 2. The summed E-state index contributed by atoms with van der Waals surface area (Å²) in [6, 6.07) is 0. The second kappa shape index (κ2) is 4.74. The van der Waals surface area contributed by atoms with Crippen molar-refractivity contribution in [3.63, 3.8) is 0 Å². The van der Waals surface area contributed by atoms with Crippen LogP contribution in [0.15, 0.2) is 12.2 Å². The van der Waals surface area contributed by atoms with E-state index < -0.39 is 12.1 Å². The van der Waals surface area contributed by atoms with Gasteiger partial charge in [-0.25, -0.2) is 4.39 Å². The molecule has 0 heterocycles. The normalized spacial score (nSPS) is 35.1. The Kier molecular flexibility index (Phi) is 3.90. The number of carbonyl (C=O) groups excluding carboxylic acids is 1. The molecule has 1 aliphatic carbocycles. The summed E-state index contributed by atoms with van der Waals surface area (Å²) in [5.41, 5.74) is 0. The summed E-state index contributed by atoms with van der Waals surface area (Å²) >= 11 is 3.34. The number of halogens is 2. The van der Waals surface area contributed by atoms with Crippen molar-refractivity contribution in [1.29, 1.82) is 0 Å². The fourth-order valence-electron chi connectivity index (χ4n) is 1.51. The summed E-state index contributed by atoms with van der Waals surface area (Å²) < 4.78 is 13.3. The Labute approximate surface area is 85.0 Å². The van der Waals surface area contributed by atoms with Crippen LogP contribution in [0.4, 0.5) is 4.39 Å². The van der Waals surface area contributed by atoms with Crippen LogP contribution in [0.25, 0.3) is 0 Å². The van der Waals surface area contributed by atoms with Gasteiger partial charge in [-0.15, -0.1) is 0 Å². The third kappa shape index (κ3) is 3.46. The molecule has 0 amide bonds. The molecule has 0 radical (unpaired) electrons. The number of rotatable bonds is 2. The number of aliphatic carboxylic acids is 1. The molecule has 0 saturated heterocycles. The van der Waals surface area contributed by atoms with Gasteiger partial charge in [-0.05, 0) is 25.3 Å². The quantitative estimate of drug-likeness (QED) is 0.545. The van der Waals surface area contributed by atoms with Crippen LogP contribution in [0.3, 0.4) is 0 Å². The summed E-state index contributed by atoms with van der Waals surface area (Å²) in [6.07, 6.45) is 3.43. The highest BCUT2D eigenvalue weighted by Crippen LogP contribution is 2.31. The van der Waals surface area contributed by atoms with Crippen molar-refractivity contribution in [3.8, 4) is 0 Å². The highest BCUT2D eigenvalue weighted by molar-refractivity contribution is 9.09. The van der Waals surface area contributed by atoms with Crippen molar-refractivity contribution < 1.29 is 14.3 Å². The van der Waals surface area contributed by atoms with E-state index >= 15 is 0 Å². The van der Waals surface area contributed by atoms with Crippen LogP contribution >= 0.6 is 15.9 Å². The van der Waals surface area contributed by atoms with Crippen LogP contribution in [0.5, 0.6) is 0 Å². The molecule has 0 spiro atoms. The third-order valence-corrected chi connectivity index (χ3v) is 3.07. The first-order valence-corrected chi connectivity index (χ1v) is 5.18. The monoisotopic (exact) mass is 249 g/mol. The standard InChI is InChI=1S/C9H12BrFO2/c10-7-3-1-6(8(11)5-7)2-4-9(12)13/h2,4,6-8H,1,3,5H2,(H,12,13)/p-1/b4-2+. The molecule has 0 aromatic rings. The van der Waals surface area contributed by atoms with Gasteiger partial charge in [0.1, 0.15) is 6.17 Å². The summed E-state index contributed by atoms with van der Waals surface area (Å²) in [5, 5.41) is 10.1. The van der Waals surface area contributed by atoms with E-state index in [9.17, 15) is 14.3 Å². The number of alkyl halides is 2. The van der Waals surface area contributed by atoms with E-state index in [1.54, 1.807) is 0 Å². The number of allylic oxidation sites excluding steroid dienone is 1. The minimum Gasteiger partial charge on any atom is -0.545 e. The van der Waals surface area contributed by atoms with Crippen molar-refractivity contribution in [2.45, 2.75) is 30.3 Å². The van der Waals surface area contributed by atoms with E-state index in [4.69, 9.17) is 0 Å². The molecule has 0 bridgehead atoms. The van der Waals surface area contributed by atoms with Crippen LogP contribution in [0.2, 0.25) is 0 Å². The highest BCUT2D eigenvalue weighted by Gasteiger charge is 2.27. The minimum absolute atomic E-state index is 0.232. The Morgan fingerprint density at radius 2 is 2.23 bits per heavy atom. The lowest BCUT2D eigenvalue weighted by atomic mass is 9.87. The average molecular weight is 250 g/mol. The zero-order valence-corrected chi connectivity index (χ0v) is 8.67. The summed E-state index contributed by atoms with van der Waals surface area (Å²) in [5.74, 6) is -1.51. The Morgan fingerprint density at radius 3 is 2.77 bits per heavy atom. The van der Waals surface area contributed by atoms with Gasteiger partial charge in [-0.2, -0.15) is 0 Å². The maximum absolute atomic E-state index is 13.3. The number of carbonyl (C=O) groups is 1. The SMILES string of the molecule is O=C([O-])/C=C/C1CCC(Br)CC1F. The molecule has 4 heteroatoms. The molecule has 1 fully saturated rings. The van der Waals surface area contributed by atoms with Crippen molar-refractivity contribution in [3.05, 3.63) is 12.2 Å².